The fraction of sp³-hybridized carbons (Fsp3) is 0.615. The standard InChI is InChI=1S/C13H22N2O2/c1-8-6-10(9(2)17-8)12(16)15-11(7-14)13(3,4)5/h6,11H,7,14H2,1-5H3,(H,15,16). The molecule has 1 rings (SSSR count). The van der Waals surface area contributed by atoms with Gasteiger partial charge in [0.25, 0.3) is 5.91 Å². The highest BCUT2D eigenvalue weighted by Gasteiger charge is 2.26. The highest BCUT2D eigenvalue weighted by molar-refractivity contribution is 5.95. The average Bonchev–Trinajstić information content (AvgIpc) is 2.52. The van der Waals surface area contributed by atoms with Crippen LogP contribution in [0.3, 0.4) is 0 Å². The summed E-state index contributed by atoms with van der Waals surface area (Å²) in [5.41, 5.74) is 6.22. The molecule has 0 bridgehead atoms. The first-order chi connectivity index (χ1) is 7.75. The highest BCUT2D eigenvalue weighted by Crippen LogP contribution is 2.20. The summed E-state index contributed by atoms with van der Waals surface area (Å²) in [6, 6.07) is 1.70. The Morgan fingerprint density at radius 1 is 1.47 bits per heavy atom. The van der Waals surface area contributed by atoms with E-state index in [9.17, 15) is 4.79 Å². The molecule has 0 fully saturated rings. The molecular formula is C13H22N2O2. The SMILES string of the molecule is Cc1cc(C(=O)NC(CN)C(C)(C)C)c(C)o1. The van der Waals surface area contributed by atoms with Crippen molar-refractivity contribution in [2.45, 2.75) is 40.7 Å². The Kier molecular flexibility index (Phi) is 3.98. The van der Waals surface area contributed by atoms with E-state index >= 15 is 0 Å². The third-order valence-corrected chi connectivity index (χ3v) is 2.87. The minimum absolute atomic E-state index is 0.0513. The molecule has 1 amide bonds. The van der Waals surface area contributed by atoms with Gasteiger partial charge in [0.05, 0.1) is 5.56 Å². The molecule has 0 radical (unpaired) electrons. The van der Waals surface area contributed by atoms with Gasteiger partial charge < -0.3 is 15.5 Å². The van der Waals surface area contributed by atoms with Crippen molar-refractivity contribution in [3.05, 3.63) is 23.2 Å². The van der Waals surface area contributed by atoms with Gasteiger partial charge in [-0.3, -0.25) is 4.79 Å². The van der Waals surface area contributed by atoms with Crippen LogP contribution in [0, 0.1) is 19.3 Å². The quantitative estimate of drug-likeness (QED) is 0.846. The highest BCUT2D eigenvalue weighted by atomic mass is 16.3. The molecule has 4 nitrogen and oxygen atoms in total. The number of furan rings is 1. The van der Waals surface area contributed by atoms with Crippen LogP contribution in [0.15, 0.2) is 10.5 Å². The zero-order chi connectivity index (χ0) is 13.2. The first-order valence-electron chi connectivity index (χ1n) is 5.83. The summed E-state index contributed by atoms with van der Waals surface area (Å²) in [5.74, 6) is 1.27. The lowest BCUT2D eigenvalue weighted by molar-refractivity contribution is 0.0904. The molecule has 0 aliphatic rings. The van der Waals surface area contributed by atoms with Gasteiger partial charge in [0.15, 0.2) is 0 Å². The van der Waals surface area contributed by atoms with Crippen molar-refractivity contribution in [3.63, 3.8) is 0 Å². The van der Waals surface area contributed by atoms with Gasteiger partial charge in [-0.05, 0) is 25.3 Å². The van der Waals surface area contributed by atoms with Crippen LogP contribution in [-0.4, -0.2) is 18.5 Å². The van der Waals surface area contributed by atoms with E-state index in [0.717, 1.165) is 5.76 Å². The Hall–Kier alpha value is -1.29. The molecule has 0 spiro atoms. The molecule has 0 saturated carbocycles. The predicted octanol–water partition coefficient (Wildman–Crippen LogP) is 2.00. The normalized spacial score (nSPS) is 13.5. The van der Waals surface area contributed by atoms with Crippen molar-refractivity contribution < 1.29 is 9.21 Å². The van der Waals surface area contributed by atoms with E-state index in [1.54, 1.807) is 13.0 Å². The van der Waals surface area contributed by atoms with Crippen LogP contribution >= 0.6 is 0 Å². The fourth-order valence-electron chi connectivity index (χ4n) is 1.72. The van der Waals surface area contributed by atoms with Crippen molar-refractivity contribution in [1.29, 1.82) is 0 Å². The first-order valence-corrected chi connectivity index (χ1v) is 5.83. The molecule has 1 aromatic rings. The molecule has 0 aromatic carbocycles. The largest absolute Gasteiger partial charge is 0.466 e. The van der Waals surface area contributed by atoms with E-state index in [4.69, 9.17) is 10.2 Å². The molecule has 1 atom stereocenters. The van der Waals surface area contributed by atoms with Crippen molar-refractivity contribution >= 4 is 5.91 Å². The number of rotatable bonds is 3. The number of carbonyl (C=O) groups excluding carboxylic acids is 1. The van der Waals surface area contributed by atoms with E-state index in [2.05, 4.69) is 26.1 Å². The average molecular weight is 238 g/mol. The fourth-order valence-corrected chi connectivity index (χ4v) is 1.72. The number of nitrogens with two attached hydrogens (primary N) is 1. The summed E-state index contributed by atoms with van der Waals surface area (Å²) in [4.78, 5) is 12.1. The van der Waals surface area contributed by atoms with Crippen LogP contribution < -0.4 is 11.1 Å². The van der Waals surface area contributed by atoms with E-state index in [-0.39, 0.29) is 17.4 Å². The maximum atomic E-state index is 12.1. The molecule has 96 valence electrons. The van der Waals surface area contributed by atoms with Crippen LogP contribution in [0.5, 0.6) is 0 Å². The lowest BCUT2D eigenvalue weighted by Gasteiger charge is -2.30. The predicted molar refractivity (Wildman–Crippen MR) is 67.9 cm³/mol. The van der Waals surface area contributed by atoms with E-state index < -0.39 is 0 Å². The number of nitrogens with one attached hydrogen (secondary N) is 1. The molecule has 1 heterocycles. The van der Waals surface area contributed by atoms with Crippen LogP contribution in [0.25, 0.3) is 0 Å². The van der Waals surface area contributed by atoms with Gasteiger partial charge in [-0.1, -0.05) is 20.8 Å². The second kappa shape index (κ2) is 4.92. The third kappa shape index (κ3) is 3.33. The molecule has 1 unspecified atom stereocenters. The summed E-state index contributed by atoms with van der Waals surface area (Å²) in [6.45, 7) is 10.2. The van der Waals surface area contributed by atoms with Gasteiger partial charge in [0, 0.05) is 12.6 Å². The van der Waals surface area contributed by atoms with Crippen LogP contribution in [-0.2, 0) is 0 Å². The van der Waals surface area contributed by atoms with Gasteiger partial charge >= 0.3 is 0 Å². The summed E-state index contributed by atoms with van der Waals surface area (Å²) in [5, 5.41) is 2.95. The summed E-state index contributed by atoms with van der Waals surface area (Å²) in [7, 11) is 0. The maximum absolute atomic E-state index is 12.1. The van der Waals surface area contributed by atoms with Gasteiger partial charge in [0.2, 0.25) is 0 Å². The van der Waals surface area contributed by atoms with Crippen LogP contribution in [0.2, 0.25) is 0 Å². The van der Waals surface area contributed by atoms with Crippen molar-refractivity contribution in [1.82, 2.24) is 5.32 Å². The number of amides is 1. The third-order valence-electron chi connectivity index (χ3n) is 2.87. The van der Waals surface area contributed by atoms with Gasteiger partial charge in [-0.15, -0.1) is 0 Å². The van der Waals surface area contributed by atoms with E-state index in [0.29, 0.717) is 17.9 Å². The molecule has 0 aliphatic heterocycles. The number of hydrogen-bond acceptors (Lipinski definition) is 3. The Bertz CT molecular complexity index is 402. The molecule has 17 heavy (non-hydrogen) atoms. The molecular weight excluding hydrogens is 216 g/mol. The number of aryl methyl sites for hydroxylation is 2. The van der Waals surface area contributed by atoms with Crippen molar-refractivity contribution in [3.8, 4) is 0 Å². The van der Waals surface area contributed by atoms with E-state index in [1.165, 1.54) is 0 Å². The first kappa shape index (κ1) is 13.8. The second-order valence-corrected chi connectivity index (χ2v) is 5.45. The topological polar surface area (TPSA) is 68.3 Å². The lowest BCUT2D eigenvalue weighted by Crippen LogP contribution is -2.48. The van der Waals surface area contributed by atoms with Gasteiger partial charge in [-0.25, -0.2) is 0 Å². The smallest absolute Gasteiger partial charge is 0.255 e. The van der Waals surface area contributed by atoms with Crippen LogP contribution in [0.1, 0.15) is 42.6 Å². The molecule has 0 saturated heterocycles. The zero-order valence-corrected chi connectivity index (χ0v) is 11.3. The lowest BCUT2D eigenvalue weighted by atomic mass is 9.86. The molecule has 0 aliphatic carbocycles. The van der Waals surface area contributed by atoms with Gasteiger partial charge in [0.1, 0.15) is 11.5 Å². The molecule has 4 heteroatoms. The Balaban J connectivity index is 2.82. The number of hydrogen-bond donors (Lipinski definition) is 2. The minimum Gasteiger partial charge on any atom is -0.466 e. The Morgan fingerprint density at radius 3 is 2.41 bits per heavy atom. The Morgan fingerprint density at radius 2 is 2.06 bits per heavy atom. The van der Waals surface area contributed by atoms with Gasteiger partial charge in [-0.2, -0.15) is 0 Å². The monoisotopic (exact) mass is 238 g/mol. The Labute approximate surface area is 103 Å². The van der Waals surface area contributed by atoms with Crippen molar-refractivity contribution in [2.75, 3.05) is 6.54 Å². The summed E-state index contributed by atoms with van der Waals surface area (Å²) < 4.78 is 5.34. The minimum atomic E-state index is -0.121. The summed E-state index contributed by atoms with van der Waals surface area (Å²) >= 11 is 0. The molecule has 1 aromatic heterocycles. The second-order valence-electron chi connectivity index (χ2n) is 5.45. The molecule has 3 N–H and O–H groups in total. The number of carbonyl (C=O) groups is 1. The maximum Gasteiger partial charge on any atom is 0.255 e. The van der Waals surface area contributed by atoms with Crippen LogP contribution in [0.4, 0.5) is 0 Å². The zero-order valence-electron chi connectivity index (χ0n) is 11.3. The van der Waals surface area contributed by atoms with E-state index in [1.807, 2.05) is 6.92 Å². The van der Waals surface area contributed by atoms with Crippen molar-refractivity contribution in [2.24, 2.45) is 11.1 Å². The summed E-state index contributed by atoms with van der Waals surface area (Å²) in [6.07, 6.45) is 0.